The summed E-state index contributed by atoms with van der Waals surface area (Å²) >= 11 is 0. The first kappa shape index (κ1) is 9.98. The smallest absolute Gasteiger partial charge is 0.227 e. The lowest BCUT2D eigenvalue weighted by molar-refractivity contribution is -0.117. The van der Waals surface area contributed by atoms with Crippen molar-refractivity contribution in [1.82, 2.24) is 0 Å². The lowest BCUT2D eigenvalue weighted by Gasteiger charge is -2.19. The number of amides is 1. The molecule has 4 nitrogen and oxygen atoms in total. The first-order valence-electron chi connectivity index (χ1n) is 5.04. The number of hydrogen-bond acceptors (Lipinski definition) is 3. The van der Waals surface area contributed by atoms with E-state index in [1.165, 1.54) is 0 Å². The van der Waals surface area contributed by atoms with Gasteiger partial charge in [-0.1, -0.05) is 0 Å². The van der Waals surface area contributed by atoms with Gasteiger partial charge >= 0.3 is 0 Å². The number of phenolic OH excluding ortho intramolecular Hbond substituents is 1. The van der Waals surface area contributed by atoms with E-state index in [4.69, 9.17) is 5.73 Å². The highest BCUT2D eigenvalue weighted by Gasteiger charge is 2.23. The Morgan fingerprint density at radius 3 is 2.87 bits per heavy atom. The topological polar surface area (TPSA) is 66.6 Å². The highest BCUT2D eigenvalue weighted by Crippen LogP contribution is 2.27. The van der Waals surface area contributed by atoms with Gasteiger partial charge in [0.1, 0.15) is 5.75 Å². The minimum absolute atomic E-state index is 0.135. The Hall–Kier alpha value is -1.55. The Bertz CT molecular complexity index is 390. The van der Waals surface area contributed by atoms with Gasteiger partial charge in [0.05, 0.1) is 0 Å². The molecule has 4 heteroatoms. The highest BCUT2D eigenvalue weighted by atomic mass is 16.3. The summed E-state index contributed by atoms with van der Waals surface area (Å²) < 4.78 is 0. The number of hydrogen-bond donors (Lipinski definition) is 2. The Kier molecular flexibility index (Phi) is 2.60. The van der Waals surface area contributed by atoms with Gasteiger partial charge in [-0.05, 0) is 30.2 Å². The third kappa shape index (κ3) is 1.80. The Morgan fingerprint density at radius 2 is 2.27 bits per heavy atom. The SMILES string of the molecule is NCc1cc(O)ccc1N1CCCC1=O. The van der Waals surface area contributed by atoms with Crippen molar-refractivity contribution in [3.63, 3.8) is 0 Å². The molecule has 80 valence electrons. The molecule has 15 heavy (non-hydrogen) atoms. The number of benzene rings is 1. The molecule has 0 unspecified atom stereocenters. The molecule has 0 aromatic heterocycles. The fourth-order valence-electron chi connectivity index (χ4n) is 1.90. The average Bonchev–Trinajstić information content (AvgIpc) is 2.64. The van der Waals surface area contributed by atoms with Crippen LogP contribution in [-0.2, 0) is 11.3 Å². The number of nitrogens with zero attached hydrogens (tertiary/aromatic N) is 1. The van der Waals surface area contributed by atoms with E-state index in [9.17, 15) is 9.90 Å². The van der Waals surface area contributed by atoms with E-state index in [1.807, 2.05) is 0 Å². The van der Waals surface area contributed by atoms with Crippen LogP contribution in [-0.4, -0.2) is 17.6 Å². The number of anilines is 1. The molecule has 1 aliphatic rings. The van der Waals surface area contributed by atoms with E-state index in [1.54, 1.807) is 23.1 Å². The molecule has 1 amide bonds. The molecule has 1 heterocycles. The third-order valence-electron chi connectivity index (χ3n) is 2.65. The minimum Gasteiger partial charge on any atom is -0.508 e. The molecular weight excluding hydrogens is 192 g/mol. The summed E-state index contributed by atoms with van der Waals surface area (Å²) in [5.41, 5.74) is 7.23. The van der Waals surface area contributed by atoms with Crippen LogP contribution in [0.4, 0.5) is 5.69 Å². The zero-order valence-corrected chi connectivity index (χ0v) is 8.44. The van der Waals surface area contributed by atoms with Gasteiger partial charge in [0.25, 0.3) is 0 Å². The molecule has 1 fully saturated rings. The van der Waals surface area contributed by atoms with Crippen LogP contribution >= 0.6 is 0 Å². The second-order valence-electron chi connectivity index (χ2n) is 3.67. The predicted molar refractivity (Wildman–Crippen MR) is 57.6 cm³/mol. The van der Waals surface area contributed by atoms with E-state index in [2.05, 4.69) is 0 Å². The van der Waals surface area contributed by atoms with Crippen molar-refractivity contribution in [3.05, 3.63) is 23.8 Å². The molecule has 3 N–H and O–H groups in total. The average molecular weight is 206 g/mol. The maximum atomic E-state index is 11.6. The van der Waals surface area contributed by atoms with Gasteiger partial charge in [-0.25, -0.2) is 0 Å². The lowest BCUT2D eigenvalue weighted by Crippen LogP contribution is -2.25. The molecule has 0 saturated carbocycles. The number of phenols is 1. The second kappa shape index (κ2) is 3.90. The van der Waals surface area contributed by atoms with E-state index in [0.717, 1.165) is 24.2 Å². The van der Waals surface area contributed by atoms with Crippen LogP contribution < -0.4 is 10.6 Å². The highest BCUT2D eigenvalue weighted by molar-refractivity contribution is 5.96. The zero-order valence-electron chi connectivity index (χ0n) is 8.44. The predicted octanol–water partition coefficient (Wildman–Crippen LogP) is 0.978. The first-order chi connectivity index (χ1) is 7.22. The van der Waals surface area contributed by atoms with E-state index in [-0.39, 0.29) is 11.7 Å². The fraction of sp³-hybridized carbons (Fsp3) is 0.364. The molecule has 1 saturated heterocycles. The van der Waals surface area contributed by atoms with Gasteiger partial charge in [0, 0.05) is 25.2 Å². The van der Waals surface area contributed by atoms with Crippen molar-refractivity contribution in [3.8, 4) is 5.75 Å². The lowest BCUT2D eigenvalue weighted by atomic mass is 10.1. The summed E-state index contributed by atoms with van der Waals surface area (Å²) in [5, 5.41) is 9.32. The summed E-state index contributed by atoms with van der Waals surface area (Å²) in [5.74, 6) is 0.321. The van der Waals surface area contributed by atoms with Crippen LogP contribution in [0.5, 0.6) is 5.75 Å². The molecule has 0 atom stereocenters. The van der Waals surface area contributed by atoms with Gasteiger partial charge in [-0.2, -0.15) is 0 Å². The van der Waals surface area contributed by atoms with E-state index in [0.29, 0.717) is 13.0 Å². The van der Waals surface area contributed by atoms with Crippen LogP contribution in [0.3, 0.4) is 0 Å². The monoisotopic (exact) mass is 206 g/mol. The van der Waals surface area contributed by atoms with Crippen LogP contribution in [0.15, 0.2) is 18.2 Å². The quantitative estimate of drug-likeness (QED) is 0.758. The van der Waals surface area contributed by atoms with Gasteiger partial charge in [-0.3, -0.25) is 4.79 Å². The van der Waals surface area contributed by atoms with Crippen LogP contribution in [0.25, 0.3) is 0 Å². The maximum absolute atomic E-state index is 11.6. The molecule has 0 spiro atoms. The van der Waals surface area contributed by atoms with E-state index >= 15 is 0 Å². The Morgan fingerprint density at radius 1 is 1.47 bits per heavy atom. The Labute approximate surface area is 88.3 Å². The van der Waals surface area contributed by atoms with Gasteiger partial charge < -0.3 is 15.7 Å². The molecule has 0 radical (unpaired) electrons. The fourth-order valence-corrected chi connectivity index (χ4v) is 1.90. The van der Waals surface area contributed by atoms with Gasteiger partial charge in [0.15, 0.2) is 0 Å². The van der Waals surface area contributed by atoms with Gasteiger partial charge in [0.2, 0.25) is 5.91 Å². The third-order valence-corrected chi connectivity index (χ3v) is 2.65. The first-order valence-corrected chi connectivity index (χ1v) is 5.04. The second-order valence-corrected chi connectivity index (χ2v) is 3.67. The number of nitrogens with two attached hydrogens (primary N) is 1. The number of rotatable bonds is 2. The normalized spacial score (nSPS) is 16.1. The molecule has 1 aliphatic heterocycles. The minimum atomic E-state index is 0.135. The van der Waals surface area contributed by atoms with Crippen molar-refractivity contribution in [2.45, 2.75) is 19.4 Å². The van der Waals surface area contributed by atoms with Crippen LogP contribution in [0, 0.1) is 0 Å². The van der Waals surface area contributed by atoms with Crippen molar-refractivity contribution in [2.24, 2.45) is 5.73 Å². The summed E-state index contributed by atoms with van der Waals surface area (Å²) in [4.78, 5) is 13.3. The molecule has 0 bridgehead atoms. The summed E-state index contributed by atoms with van der Waals surface area (Å²) in [6.07, 6.45) is 1.49. The maximum Gasteiger partial charge on any atom is 0.227 e. The molecular formula is C11H14N2O2. The van der Waals surface area contributed by atoms with Crippen molar-refractivity contribution >= 4 is 11.6 Å². The van der Waals surface area contributed by atoms with Crippen LogP contribution in [0.2, 0.25) is 0 Å². The van der Waals surface area contributed by atoms with Crippen molar-refractivity contribution < 1.29 is 9.90 Å². The summed E-state index contributed by atoms with van der Waals surface area (Å²) in [6.45, 7) is 1.07. The van der Waals surface area contributed by atoms with Gasteiger partial charge in [-0.15, -0.1) is 0 Å². The summed E-state index contributed by atoms with van der Waals surface area (Å²) in [6, 6.07) is 4.95. The van der Waals surface area contributed by atoms with E-state index < -0.39 is 0 Å². The number of carbonyl (C=O) groups excluding carboxylic acids is 1. The standard InChI is InChI=1S/C11H14N2O2/c12-7-8-6-9(14)3-4-10(8)13-5-1-2-11(13)15/h3-4,6,14H,1-2,5,7,12H2. The van der Waals surface area contributed by atoms with Crippen LogP contribution in [0.1, 0.15) is 18.4 Å². The molecule has 1 aromatic rings. The number of aromatic hydroxyl groups is 1. The Balaban J connectivity index is 2.38. The summed E-state index contributed by atoms with van der Waals surface area (Å²) in [7, 11) is 0. The van der Waals surface area contributed by atoms with Crippen molar-refractivity contribution in [1.29, 1.82) is 0 Å². The number of carbonyl (C=O) groups is 1. The largest absolute Gasteiger partial charge is 0.508 e. The molecule has 0 aliphatic carbocycles. The zero-order chi connectivity index (χ0) is 10.8. The molecule has 2 rings (SSSR count). The molecule has 1 aromatic carbocycles. The van der Waals surface area contributed by atoms with Crippen molar-refractivity contribution in [2.75, 3.05) is 11.4 Å².